The minimum absolute atomic E-state index is 0.0530. The third-order valence-corrected chi connectivity index (χ3v) is 4.97. The molecule has 0 bridgehead atoms. The second-order valence-electron chi connectivity index (χ2n) is 6.85. The third kappa shape index (κ3) is 3.66. The fraction of sp³-hybridized carbons (Fsp3) is 0.0833. The summed E-state index contributed by atoms with van der Waals surface area (Å²) in [5.41, 5.74) is 0.518. The number of ether oxygens (including phenoxy) is 2. The summed E-state index contributed by atoms with van der Waals surface area (Å²) in [6.45, 7) is 0. The van der Waals surface area contributed by atoms with E-state index in [0.29, 0.717) is 33.7 Å². The van der Waals surface area contributed by atoms with Gasteiger partial charge in [0.1, 0.15) is 28.8 Å². The Morgan fingerprint density at radius 2 is 1.59 bits per heavy atom. The first-order valence-electron chi connectivity index (χ1n) is 9.57. The van der Waals surface area contributed by atoms with Gasteiger partial charge in [-0.3, -0.25) is 9.59 Å². The summed E-state index contributed by atoms with van der Waals surface area (Å²) in [4.78, 5) is 27.3. The van der Waals surface area contributed by atoms with Crippen LogP contribution in [0.5, 0.6) is 11.5 Å². The van der Waals surface area contributed by atoms with Gasteiger partial charge in [-0.1, -0.05) is 30.3 Å². The van der Waals surface area contributed by atoms with E-state index in [4.69, 9.17) is 9.47 Å². The van der Waals surface area contributed by atoms with Crippen LogP contribution in [-0.4, -0.2) is 26.0 Å². The molecule has 0 aliphatic carbocycles. The molecule has 1 N–H and O–H groups in total. The first-order chi connectivity index (χ1) is 15.4. The summed E-state index contributed by atoms with van der Waals surface area (Å²) in [6.07, 6.45) is 0. The number of carbonyl (C=O) groups is 2. The molecule has 1 aliphatic heterocycles. The minimum atomic E-state index is -1.03. The van der Waals surface area contributed by atoms with Gasteiger partial charge >= 0.3 is 0 Å². The lowest BCUT2D eigenvalue weighted by atomic mass is 10.0. The Bertz CT molecular complexity index is 1240. The van der Waals surface area contributed by atoms with E-state index < -0.39 is 23.4 Å². The number of rotatable bonds is 6. The Hall–Kier alpha value is -4.20. The molecule has 3 aromatic rings. The number of imide groups is 1. The molecule has 6 nitrogen and oxygen atoms in total. The molecule has 0 radical (unpaired) electrons. The van der Waals surface area contributed by atoms with Crippen molar-refractivity contribution in [2.45, 2.75) is 0 Å². The lowest BCUT2D eigenvalue weighted by molar-refractivity contribution is -0.120. The molecule has 1 aliphatic rings. The molecule has 0 unspecified atom stereocenters. The zero-order valence-corrected chi connectivity index (χ0v) is 17.2. The van der Waals surface area contributed by atoms with Crippen LogP contribution in [0.15, 0.2) is 72.4 Å². The standard InChI is InChI=1S/C24H18F2N2O4/c1-31-16-9-10-18(20(13-16)32-2)27-22-21(14-6-4-3-5-7-14)23(29)28(24(22)30)19-11-8-15(25)12-17(19)26/h3-13,27H,1-2H3. The van der Waals surface area contributed by atoms with Gasteiger partial charge < -0.3 is 14.8 Å². The highest BCUT2D eigenvalue weighted by Crippen LogP contribution is 2.37. The molecule has 2 amide bonds. The topological polar surface area (TPSA) is 67.9 Å². The van der Waals surface area contributed by atoms with Crippen molar-refractivity contribution in [3.63, 3.8) is 0 Å². The number of benzene rings is 3. The molecule has 32 heavy (non-hydrogen) atoms. The van der Waals surface area contributed by atoms with Gasteiger partial charge in [-0.05, 0) is 29.8 Å². The van der Waals surface area contributed by atoms with Crippen LogP contribution in [0.1, 0.15) is 5.56 Å². The molecule has 0 aromatic heterocycles. The Balaban J connectivity index is 1.84. The Labute approximate surface area is 182 Å². The van der Waals surface area contributed by atoms with Crippen molar-refractivity contribution in [2.24, 2.45) is 0 Å². The molecule has 4 rings (SSSR count). The Kier molecular flexibility index (Phi) is 5.59. The van der Waals surface area contributed by atoms with Crippen LogP contribution in [0.25, 0.3) is 5.57 Å². The zero-order valence-electron chi connectivity index (χ0n) is 17.2. The zero-order chi connectivity index (χ0) is 22.8. The second-order valence-corrected chi connectivity index (χ2v) is 6.85. The number of nitrogens with one attached hydrogen (secondary N) is 1. The maximum atomic E-state index is 14.5. The highest BCUT2D eigenvalue weighted by Gasteiger charge is 2.41. The van der Waals surface area contributed by atoms with Crippen molar-refractivity contribution in [2.75, 3.05) is 24.4 Å². The van der Waals surface area contributed by atoms with Gasteiger partial charge in [-0.2, -0.15) is 0 Å². The van der Waals surface area contributed by atoms with E-state index in [1.807, 2.05) is 0 Å². The van der Waals surface area contributed by atoms with Crippen LogP contribution in [-0.2, 0) is 9.59 Å². The van der Waals surface area contributed by atoms with Gasteiger partial charge in [-0.15, -0.1) is 0 Å². The SMILES string of the molecule is COc1ccc(NC2=C(c3ccccc3)C(=O)N(c3ccc(F)cc3F)C2=O)c(OC)c1. The van der Waals surface area contributed by atoms with E-state index in [9.17, 15) is 18.4 Å². The smallest absolute Gasteiger partial charge is 0.282 e. The normalized spacial score (nSPS) is 13.6. The second kappa shape index (κ2) is 8.50. The van der Waals surface area contributed by atoms with Gasteiger partial charge in [-0.25, -0.2) is 13.7 Å². The molecule has 1 heterocycles. The molecular formula is C24H18F2N2O4. The van der Waals surface area contributed by atoms with Crippen LogP contribution in [0, 0.1) is 11.6 Å². The number of carbonyl (C=O) groups excluding carboxylic acids is 2. The molecule has 0 saturated heterocycles. The molecule has 3 aromatic carbocycles. The molecule has 162 valence electrons. The minimum Gasteiger partial charge on any atom is -0.497 e. The predicted molar refractivity (Wildman–Crippen MR) is 115 cm³/mol. The van der Waals surface area contributed by atoms with Crippen molar-refractivity contribution >= 4 is 28.8 Å². The summed E-state index contributed by atoms with van der Waals surface area (Å²) in [5.74, 6) is -2.45. The van der Waals surface area contributed by atoms with Gasteiger partial charge in [0.25, 0.3) is 11.8 Å². The van der Waals surface area contributed by atoms with Crippen LogP contribution in [0.2, 0.25) is 0 Å². The van der Waals surface area contributed by atoms with Crippen LogP contribution >= 0.6 is 0 Å². The van der Waals surface area contributed by atoms with Crippen LogP contribution in [0.4, 0.5) is 20.2 Å². The number of halogens is 2. The molecule has 0 saturated carbocycles. The highest BCUT2D eigenvalue weighted by molar-refractivity contribution is 6.46. The number of amides is 2. The average molecular weight is 436 g/mol. The number of anilines is 2. The van der Waals surface area contributed by atoms with Gasteiger partial charge in [0.05, 0.1) is 31.2 Å². The maximum absolute atomic E-state index is 14.5. The number of hydrogen-bond donors (Lipinski definition) is 1. The monoisotopic (exact) mass is 436 g/mol. The molecule has 0 atom stereocenters. The van der Waals surface area contributed by atoms with Crippen LogP contribution in [0.3, 0.4) is 0 Å². The molecular weight excluding hydrogens is 418 g/mol. The summed E-state index contributed by atoms with van der Waals surface area (Å²) in [5, 5.41) is 2.96. The molecule has 0 fully saturated rings. The lowest BCUT2D eigenvalue weighted by Gasteiger charge is -2.17. The van der Waals surface area contributed by atoms with E-state index >= 15 is 0 Å². The van der Waals surface area contributed by atoms with Crippen LogP contribution < -0.4 is 19.7 Å². The molecule has 8 heteroatoms. The molecule has 0 spiro atoms. The average Bonchev–Trinajstić information content (AvgIpc) is 3.04. The van der Waals surface area contributed by atoms with Gasteiger partial charge in [0.2, 0.25) is 0 Å². The van der Waals surface area contributed by atoms with Gasteiger partial charge in [0.15, 0.2) is 0 Å². The van der Waals surface area contributed by atoms with Crippen molar-refractivity contribution in [3.05, 3.63) is 89.6 Å². The maximum Gasteiger partial charge on any atom is 0.282 e. The number of nitrogens with zero attached hydrogens (tertiary/aromatic N) is 1. The quantitative estimate of drug-likeness (QED) is 0.581. The Morgan fingerprint density at radius 3 is 2.25 bits per heavy atom. The van der Waals surface area contributed by atoms with Crippen molar-refractivity contribution in [3.8, 4) is 11.5 Å². The van der Waals surface area contributed by atoms with E-state index in [1.54, 1.807) is 48.5 Å². The Morgan fingerprint density at radius 1 is 0.844 bits per heavy atom. The van der Waals surface area contributed by atoms with E-state index in [2.05, 4.69) is 5.32 Å². The van der Waals surface area contributed by atoms with Crippen molar-refractivity contribution < 1.29 is 27.8 Å². The number of methoxy groups -OCH3 is 2. The van der Waals surface area contributed by atoms with Crippen molar-refractivity contribution in [1.29, 1.82) is 0 Å². The fourth-order valence-corrected chi connectivity index (χ4v) is 3.44. The van der Waals surface area contributed by atoms with E-state index in [-0.39, 0.29) is 17.0 Å². The predicted octanol–water partition coefficient (Wildman–Crippen LogP) is 4.38. The first-order valence-corrected chi connectivity index (χ1v) is 9.57. The summed E-state index contributed by atoms with van der Waals surface area (Å²) in [6, 6.07) is 16.1. The third-order valence-electron chi connectivity index (χ3n) is 4.97. The fourth-order valence-electron chi connectivity index (χ4n) is 3.44. The first kappa shape index (κ1) is 21.0. The highest BCUT2D eigenvalue weighted by atomic mass is 19.1. The van der Waals surface area contributed by atoms with E-state index in [1.165, 1.54) is 14.2 Å². The largest absolute Gasteiger partial charge is 0.497 e. The van der Waals surface area contributed by atoms with E-state index in [0.717, 1.165) is 12.1 Å². The summed E-state index contributed by atoms with van der Waals surface area (Å²) >= 11 is 0. The summed E-state index contributed by atoms with van der Waals surface area (Å²) in [7, 11) is 2.96. The summed E-state index contributed by atoms with van der Waals surface area (Å²) < 4.78 is 38.4. The number of hydrogen-bond acceptors (Lipinski definition) is 5. The van der Waals surface area contributed by atoms with Gasteiger partial charge in [0, 0.05) is 12.1 Å². The van der Waals surface area contributed by atoms with Crippen molar-refractivity contribution in [1.82, 2.24) is 0 Å². The lowest BCUT2D eigenvalue weighted by Crippen LogP contribution is -2.33.